The van der Waals surface area contributed by atoms with E-state index in [-0.39, 0.29) is 10.9 Å². The molecule has 1 heterocycles. The van der Waals surface area contributed by atoms with Gasteiger partial charge in [-0.3, -0.25) is 0 Å². The first-order valence-corrected chi connectivity index (χ1v) is 3.97. The van der Waals surface area contributed by atoms with E-state index in [2.05, 4.69) is 15.9 Å². The highest BCUT2D eigenvalue weighted by molar-refractivity contribution is 9.10. The van der Waals surface area contributed by atoms with Gasteiger partial charge in [0.05, 0.1) is 10.9 Å². The van der Waals surface area contributed by atoms with Crippen LogP contribution in [0.25, 0.3) is 0 Å². The first-order valence-electron chi connectivity index (χ1n) is 3.05. The maximum atomic E-state index is 10.2. The van der Waals surface area contributed by atoms with Gasteiger partial charge >= 0.3 is 0 Å². The molecule has 1 aliphatic rings. The van der Waals surface area contributed by atoms with Crippen LogP contribution in [0.3, 0.4) is 0 Å². The summed E-state index contributed by atoms with van der Waals surface area (Å²) in [6, 6.07) is 0. The number of hydrogen-bond acceptors (Lipinski definition) is 2. The van der Waals surface area contributed by atoms with Gasteiger partial charge in [-0.1, -0.05) is 15.9 Å². The fourth-order valence-corrected chi connectivity index (χ4v) is 1.36. The Hall–Kier alpha value is 0.110. The van der Waals surface area contributed by atoms with Crippen LogP contribution in [-0.2, 0) is 9.53 Å². The minimum Gasteiger partial charge on any atom is -0.377 e. The molecule has 0 amide bonds. The number of alkyl halides is 1. The number of aldehydes is 1. The second kappa shape index (κ2) is 3.32. The van der Waals surface area contributed by atoms with Gasteiger partial charge in [0.1, 0.15) is 6.29 Å². The minimum atomic E-state index is -0.0972. The standard InChI is InChI=1S/C6H9BrO2/c7-5(4-8)6-2-1-3-9-6/h4-6H,1-3H2/t5-,6+/m0/s1. The Morgan fingerprint density at radius 1 is 1.78 bits per heavy atom. The second-order valence-corrected chi connectivity index (χ2v) is 3.19. The normalized spacial score (nSPS) is 30.1. The summed E-state index contributed by atoms with van der Waals surface area (Å²) < 4.78 is 5.23. The average Bonchev–Trinajstić information content (AvgIpc) is 2.37. The summed E-state index contributed by atoms with van der Waals surface area (Å²) in [6.45, 7) is 0.806. The fourth-order valence-electron chi connectivity index (χ4n) is 0.941. The van der Waals surface area contributed by atoms with Crippen LogP contribution in [-0.4, -0.2) is 23.8 Å². The molecule has 0 aromatic heterocycles. The van der Waals surface area contributed by atoms with Crippen molar-refractivity contribution in [1.29, 1.82) is 0 Å². The molecule has 2 atom stereocenters. The van der Waals surface area contributed by atoms with Gasteiger partial charge in [0.15, 0.2) is 0 Å². The second-order valence-electron chi connectivity index (χ2n) is 2.13. The van der Waals surface area contributed by atoms with E-state index in [1.807, 2.05) is 0 Å². The Balaban J connectivity index is 2.32. The van der Waals surface area contributed by atoms with Crippen LogP contribution in [0.1, 0.15) is 12.8 Å². The van der Waals surface area contributed by atoms with E-state index in [0.717, 1.165) is 25.7 Å². The lowest BCUT2D eigenvalue weighted by molar-refractivity contribution is -0.109. The molecule has 0 N–H and O–H groups in total. The van der Waals surface area contributed by atoms with Gasteiger partial charge in [-0.05, 0) is 12.8 Å². The highest BCUT2D eigenvalue weighted by atomic mass is 79.9. The molecule has 1 saturated heterocycles. The van der Waals surface area contributed by atoms with Crippen molar-refractivity contribution >= 4 is 22.2 Å². The summed E-state index contributed by atoms with van der Waals surface area (Å²) in [7, 11) is 0. The van der Waals surface area contributed by atoms with Crippen molar-refractivity contribution in [1.82, 2.24) is 0 Å². The van der Waals surface area contributed by atoms with Crippen molar-refractivity contribution in [2.75, 3.05) is 6.61 Å². The number of ether oxygens (including phenoxy) is 1. The highest BCUT2D eigenvalue weighted by Crippen LogP contribution is 2.18. The van der Waals surface area contributed by atoms with E-state index in [0.29, 0.717) is 0 Å². The molecule has 0 unspecified atom stereocenters. The lowest BCUT2D eigenvalue weighted by atomic mass is 10.2. The maximum Gasteiger partial charge on any atom is 0.136 e. The van der Waals surface area contributed by atoms with Crippen molar-refractivity contribution < 1.29 is 9.53 Å². The van der Waals surface area contributed by atoms with Gasteiger partial charge in [-0.25, -0.2) is 0 Å². The Morgan fingerprint density at radius 2 is 2.56 bits per heavy atom. The van der Waals surface area contributed by atoms with Crippen LogP contribution in [0.15, 0.2) is 0 Å². The lowest BCUT2D eigenvalue weighted by Crippen LogP contribution is -2.20. The molecule has 1 fully saturated rings. The molecule has 0 bridgehead atoms. The Morgan fingerprint density at radius 3 is 3.00 bits per heavy atom. The summed E-state index contributed by atoms with van der Waals surface area (Å²) in [5.41, 5.74) is 0. The third-order valence-electron chi connectivity index (χ3n) is 1.45. The summed E-state index contributed by atoms with van der Waals surface area (Å²) in [4.78, 5) is 10.1. The van der Waals surface area contributed by atoms with E-state index >= 15 is 0 Å². The Bertz CT molecular complexity index is 99.2. The van der Waals surface area contributed by atoms with Gasteiger partial charge < -0.3 is 9.53 Å². The number of halogens is 1. The summed E-state index contributed by atoms with van der Waals surface area (Å²) in [5.74, 6) is 0. The van der Waals surface area contributed by atoms with Crippen LogP contribution >= 0.6 is 15.9 Å². The average molecular weight is 193 g/mol. The maximum absolute atomic E-state index is 10.2. The van der Waals surface area contributed by atoms with E-state index in [9.17, 15) is 4.79 Å². The van der Waals surface area contributed by atoms with E-state index < -0.39 is 0 Å². The predicted molar refractivity (Wildman–Crippen MR) is 37.8 cm³/mol. The molecule has 0 spiro atoms. The molecule has 2 nitrogen and oxygen atoms in total. The van der Waals surface area contributed by atoms with Crippen molar-refractivity contribution in [3.63, 3.8) is 0 Å². The lowest BCUT2D eigenvalue weighted by Gasteiger charge is -2.08. The molecule has 9 heavy (non-hydrogen) atoms. The SMILES string of the molecule is O=C[C@H](Br)[C@H]1CCCO1. The predicted octanol–water partition coefficient (Wildman–Crippen LogP) is 1.13. The van der Waals surface area contributed by atoms with Crippen LogP contribution in [0.2, 0.25) is 0 Å². The van der Waals surface area contributed by atoms with Gasteiger partial charge in [-0.15, -0.1) is 0 Å². The van der Waals surface area contributed by atoms with Gasteiger partial charge in [-0.2, -0.15) is 0 Å². The molecule has 3 heteroatoms. The molecule has 0 aromatic rings. The smallest absolute Gasteiger partial charge is 0.136 e. The van der Waals surface area contributed by atoms with Crippen molar-refractivity contribution in [2.24, 2.45) is 0 Å². The molecule has 0 aliphatic carbocycles. The van der Waals surface area contributed by atoms with E-state index in [1.54, 1.807) is 0 Å². The molecule has 0 radical (unpaired) electrons. The molecule has 1 aliphatic heterocycles. The number of rotatable bonds is 2. The first kappa shape index (κ1) is 7.22. The summed E-state index contributed by atoms with van der Waals surface area (Å²) >= 11 is 3.21. The van der Waals surface area contributed by atoms with Crippen LogP contribution in [0.5, 0.6) is 0 Å². The van der Waals surface area contributed by atoms with Crippen molar-refractivity contribution in [3.05, 3.63) is 0 Å². The zero-order valence-electron chi connectivity index (χ0n) is 5.05. The molecule has 0 aromatic carbocycles. The molecular formula is C6H9BrO2. The summed E-state index contributed by atoms with van der Waals surface area (Å²) in [5, 5.41) is 0. The number of hydrogen-bond donors (Lipinski definition) is 0. The third-order valence-corrected chi connectivity index (χ3v) is 2.26. The van der Waals surface area contributed by atoms with E-state index in [1.165, 1.54) is 0 Å². The first-order chi connectivity index (χ1) is 4.34. The quantitative estimate of drug-likeness (QED) is 0.485. The minimum absolute atomic E-state index is 0.0972. The van der Waals surface area contributed by atoms with E-state index in [4.69, 9.17) is 4.74 Å². The van der Waals surface area contributed by atoms with Gasteiger partial charge in [0, 0.05) is 6.61 Å². The molecule has 1 rings (SSSR count). The highest BCUT2D eigenvalue weighted by Gasteiger charge is 2.22. The Kier molecular flexibility index (Phi) is 2.66. The number of carbonyl (C=O) groups excluding carboxylic acids is 1. The number of carbonyl (C=O) groups is 1. The van der Waals surface area contributed by atoms with Gasteiger partial charge in [0.25, 0.3) is 0 Å². The summed E-state index contributed by atoms with van der Waals surface area (Å²) in [6.07, 6.45) is 3.10. The molecule has 52 valence electrons. The third kappa shape index (κ3) is 1.76. The monoisotopic (exact) mass is 192 g/mol. The topological polar surface area (TPSA) is 26.3 Å². The fraction of sp³-hybridized carbons (Fsp3) is 0.833. The van der Waals surface area contributed by atoms with Crippen LogP contribution in [0.4, 0.5) is 0 Å². The van der Waals surface area contributed by atoms with Crippen molar-refractivity contribution in [3.8, 4) is 0 Å². The van der Waals surface area contributed by atoms with Crippen molar-refractivity contribution in [2.45, 2.75) is 23.8 Å². The van der Waals surface area contributed by atoms with Gasteiger partial charge in [0.2, 0.25) is 0 Å². The molecular weight excluding hydrogens is 184 g/mol. The zero-order valence-corrected chi connectivity index (χ0v) is 6.63. The largest absolute Gasteiger partial charge is 0.377 e. The Labute approximate surface area is 62.7 Å². The van der Waals surface area contributed by atoms with Crippen LogP contribution in [0, 0.1) is 0 Å². The molecule has 0 saturated carbocycles. The van der Waals surface area contributed by atoms with Crippen LogP contribution < -0.4 is 0 Å². The zero-order chi connectivity index (χ0) is 6.69.